The lowest BCUT2D eigenvalue weighted by molar-refractivity contribution is 0.438. The van der Waals surface area contributed by atoms with Gasteiger partial charge in [-0.05, 0) is 32.2 Å². The Morgan fingerprint density at radius 1 is 1.56 bits per heavy atom. The van der Waals surface area contributed by atoms with Gasteiger partial charge < -0.3 is 10.3 Å². The molecule has 2 rings (SSSR count). The summed E-state index contributed by atoms with van der Waals surface area (Å²) >= 11 is 0. The van der Waals surface area contributed by atoms with E-state index in [1.807, 2.05) is 6.20 Å². The van der Waals surface area contributed by atoms with Crippen LogP contribution in [0.4, 0.5) is 0 Å². The van der Waals surface area contributed by atoms with Crippen LogP contribution in [0.1, 0.15) is 25.6 Å². The lowest BCUT2D eigenvalue weighted by Crippen LogP contribution is -2.28. The van der Waals surface area contributed by atoms with Crippen LogP contribution < -0.4 is 16.2 Å². The number of hydrazine groups is 1. The quantitative estimate of drug-likeness (QED) is 0.527. The zero-order valence-electron chi connectivity index (χ0n) is 9.79. The summed E-state index contributed by atoms with van der Waals surface area (Å²) in [5.74, 6) is 1.78. The van der Waals surface area contributed by atoms with E-state index in [1.54, 1.807) is 6.20 Å². The minimum absolute atomic E-state index is 0.602. The maximum atomic E-state index is 4.17. The highest BCUT2D eigenvalue weighted by Gasteiger charge is 2.21. The lowest BCUT2D eigenvalue weighted by atomic mass is 9.98. The van der Waals surface area contributed by atoms with Gasteiger partial charge in [-0.15, -0.1) is 0 Å². The van der Waals surface area contributed by atoms with Crippen molar-refractivity contribution >= 4 is 0 Å². The van der Waals surface area contributed by atoms with Crippen molar-refractivity contribution in [3.05, 3.63) is 18.2 Å². The molecule has 2 unspecified atom stereocenters. The summed E-state index contributed by atoms with van der Waals surface area (Å²) in [4.78, 5) is 7.25. The highest BCUT2D eigenvalue weighted by Crippen LogP contribution is 2.13. The zero-order chi connectivity index (χ0) is 11.2. The molecule has 1 saturated heterocycles. The second-order valence-corrected chi connectivity index (χ2v) is 4.43. The maximum absolute atomic E-state index is 4.17. The SMILES string of the molecule is CC1NNCC1CCCNCc1ncc[nH]1. The monoisotopic (exact) mass is 223 g/mol. The molecule has 90 valence electrons. The summed E-state index contributed by atoms with van der Waals surface area (Å²) in [5, 5.41) is 3.39. The van der Waals surface area contributed by atoms with Gasteiger partial charge in [-0.2, -0.15) is 0 Å². The van der Waals surface area contributed by atoms with Crippen LogP contribution in [0.2, 0.25) is 0 Å². The Labute approximate surface area is 96.4 Å². The van der Waals surface area contributed by atoms with E-state index in [-0.39, 0.29) is 0 Å². The highest BCUT2D eigenvalue weighted by atomic mass is 15.4. The first-order chi connectivity index (χ1) is 7.86. The smallest absolute Gasteiger partial charge is 0.120 e. The Balaban J connectivity index is 1.52. The third kappa shape index (κ3) is 3.30. The molecule has 4 N–H and O–H groups in total. The number of hydrogen-bond acceptors (Lipinski definition) is 4. The number of aromatic amines is 1. The van der Waals surface area contributed by atoms with Crippen molar-refractivity contribution in [2.24, 2.45) is 5.92 Å². The first-order valence-corrected chi connectivity index (χ1v) is 6.03. The molecule has 0 aliphatic carbocycles. The number of aromatic nitrogens is 2. The molecular weight excluding hydrogens is 202 g/mol. The largest absolute Gasteiger partial charge is 0.348 e. The average molecular weight is 223 g/mol. The Morgan fingerprint density at radius 2 is 2.50 bits per heavy atom. The third-order valence-corrected chi connectivity index (χ3v) is 3.18. The van der Waals surface area contributed by atoms with E-state index in [2.05, 4.69) is 33.1 Å². The second-order valence-electron chi connectivity index (χ2n) is 4.43. The molecule has 0 amide bonds. The molecule has 5 heteroatoms. The minimum atomic E-state index is 0.602. The molecule has 0 aromatic carbocycles. The van der Waals surface area contributed by atoms with Crippen LogP contribution >= 0.6 is 0 Å². The summed E-state index contributed by atoms with van der Waals surface area (Å²) in [6.07, 6.45) is 6.13. The summed E-state index contributed by atoms with van der Waals surface area (Å²) < 4.78 is 0. The molecule has 0 spiro atoms. The van der Waals surface area contributed by atoms with Crippen LogP contribution in [0.25, 0.3) is 0 Å². The Hall–Kier alpha value is -0.910. The van der Waals surface area contributed by atoms with Gasteiger partial charge in [-0.25, -0.2) is 4.98 Å². The van der Waals surface area contributed by atoms with Gasteiger partial charge in [0, 0.05) is 25.0 Å². The zero-order valence-corrected chi connectivity index (χ0v) is 9.79. The topological polar surface area (TPSA) is 64.8 Å². The average Bonchev–Trinajstić information content (AvgIpc) is 2.90. The molecular formula is C11H21N5. The molecule has 1 aliphatic heterocycles. The van der Waals surface area contributed by atoms with Crippen molar-refractivity contribution in [1.82, 2.24) is 26.1 Å². The van der Waals surface area contributed by atoms with Gasteiger partial charge in [0.05, 0.1) is 6.54 Å². The summed E-state index contributed by atoms with van der Waals surface area (Å²) in [6, 6.07) is 0.602. The molecule has 1 aliphatic rings. The van der Waals surface area contributed by atoms with Gasteiger partial charge in [0.2, 0.25) is 0 Å². The maximum Gasteiger partial charge on any atom is 0.120 e. The molecule has 5 nitrogen and oxygen atoms in total. The fraction of sp³-hybridized carbons (Fsp3) is 0.727. The van der Waals surface area contributed by atoms with Crippen molar-refractivity contribution in [2.45, 2.75) is 32.4 Å². The van der Waals surface area contributed by atoms with Crippen molar-refractivity contribution in [3.8, 4) is 0 Å². The van der Waals surface area contributed by atoms with Crippen LogP contribution in [0.5, 0.6) is 0 Å². The number of nitrogens with one attached hydrogen (secondary N) is 4. The van der Waals surface area contributed by atoms with Gasteiger partial charge >= 0.3 is 0 Å². The summed E-state index contributed by atoms with van der Waals surface area (Å²) in [6.45, 7) is 5.23. The van der Waals surface area contributed by atoms with Crippen molar-refractivity contribution in [1.29, 1.82) is 0 Å². The Kier molecular flexibility index (Phi) is 4.33. The number of imidazole rings is 1. The molecule has 16 heavy (non-hydrogen) atoms. The van der Waals surface area contributed by atoms with E-state index >= 15 is 0 Å². The van der Waals surface area contributed by atoms with Crippen molar-refractivity contribution < 1.29 is 0 Å². The fourth-order valence-corrected chi connectivity index (χ4v) is 2.09. The standard InChI is InChI=1S/C11H21N5/c1-9-10(7-15-16-9)3-2-4-12-8-11-13-5-6-14-11/h5-6,9-10,12,15-16H,2-4,7-8H2,1H3,(H,13,14). The molecule has 0 radical (unpaired) electrons. The third-order valence-electron chi connectivity index (χ3n) is 3.18. The number of H-pyrrole nitrogens is 1. The predicted octanol–water partition coefficient (Wildman–Crippen LogP) is 0.392. The van der Waals surface area contributed by atoms with Crippen molar-refractivity contribution in [3.63, 3.8) is 0 Å². The normalized spacial score (nSPS) is 25.1. The van der Waals surface area contributed by atoms with Gasteiger partial charge in [0.15, 0.2) is 0 Å². The molecule has 0 bridgehead atoms. The molecule has 0 saturated carbocycles. The first kappa shape index (κ1) is 11.6. The minimum Gasteiger partial charge on any atom is -0.348 e. The van der Waals surface area contributed by atoms with Crippen molar-refractivity contribution in [2.75, 3.05) is 13.1 Å². The van der Waals surface area contributed by atoms with E-state index in [9.17, 15) is 0 Å². The van der Waals surface area contributed by atoms with Gasteiger partial charge in [0.25, 0.3) is 0 Å². The second kappa shape index (κ2) is 5.98. The van der Waals surface area contributed by atoms with Crippen LogP contribution in [-0.4, -0.2) is 29.1 Å². The van der Waals surface area contributed by atoms with Gasteiger partial charge in [0.1, 0.15) is 5.82 Å². The molecule has 1 fully saturated rings. The van der Waals surface area contributed by atoms with E-state index < -0.39 is 0 Å². The predicted molar refractivity (Wildman–Crippen MR) is 63.6 cm³/mol. The number of rotatable bonds is 6. The summed E-state index contributed by atoms with van der Waals surface area (Å²) in [5.41, 5.74) is 6.45. The van der Waals surface area contributed by atoms with Crippen LogP contribution in [-0.2, 0) is 6.54 Å². The fourth-order valence-electron chi connectivity index (χ4n) is 2.09. The van der Waals surface area contributed by atoms with Gasteiger partial charge in [-0.3, -0.25) is 10.9 Å². The number of nitrogens with zero attached hydrogens (tertiary/aromatic N) is 1. The highest BCUT2D eigenvalue weighted by molar-refractivity contribution is 4.85. The van der Waals surface area contributed by atoms with E-state index in [0.717, 1.165) is 31.4 Å². The van der Waals surface area contributed by atoms with Crippen LogP contribution in [0, 0.1) is 5.92 Å². The molecule has 2 atom stereocenters. The molecule has 1 aromatic heterocycles. The van der Waals surface area contributed by atoms with Crippen LogP contribution in [0.3, 0.4) is 0 Å². The van der Waals surface area contributed by atoms with Crippen LogP contribution in [0.15, 0.2) is 12.4 Å². The van der Waals surface area contributed by atoms with E-state index in [0.29, 0.717) is 6.04 Å². The van der Waals surface area contributed by atoms with E-state index in [1.165, 1.54) is 12.8 Å². The number of hydrogen-bond donors (Lipinski definition) is 4. The lowest BCUT2D eigenvalue weighted by Gasteiger charge is -2.13. The first-order valence-electron chi connectivity index (χ1n) is 6.03. The van der Waals surface area contributed by atoms with E-state index in [4.69, 9.17) is 0 Å². The molecule has 1 aromatic rings. The Bertz CT molecular complexity index is 285. The Morgan fingerprint density at radius 3 is 3.19 bits per heavy atom. The summed E-state index contributed by atoms with van der Waals surface area (Å²) in [7, 11) is 0. The van der Waals surface area contributed by atoms with Gasteiger partial charge in [-0.1, -0.05) is 0 Å². The molecule has 2 heterocycles.